The number of benzene rings is 1. The number of pyridine rings is 1. The Morgan fingerprint density at radius 2 is 1.93 bits per heavy atom. The number of aromatic nitrogens is 3. The summed E-state index contributed by atoms with van der Waals surface area (Å²) in [6.07, 6.45) is 3.00. The van der Waals surface area contributed by atoms with E-state index in [1.165, 1.54) is 0 Å². The van der Waals surface area contributed by atoms with Crippen molar-refractivity contribution >= 4 is 23.2 Å². The second-order valence-corrected chi connectivity index (χ2v) is 7.25. The van der Waals surface area contributed by atoms with Crippen molar-refractivity contribution in [2.45, 2.75) is 13.3 Å². The fraction of sp³-hybridized carbons (Fsp3) is 0.350. The van der Waals surface area contributed by atoms with Crippen LogP contribution in [0.5, 0.6) is 0 Å². The predicted molar refractivity (Wildman–Crippen MR) is 106 cm³/mol. The van der Waals surface area contributed by atoms with E-state index in [2.05, 4.69) is 22.0 Å². The van der Waals surface area contributed by atoms with Crippen molar-refractivity contribution < 1.29 is 4.79 Å². The molecular weight excluding hydrogens is 362 g/mol. The molecule has 1 fully saturated rings. The van der Waals surface area contributed by atoms with E-state index in [1.54, 1.807) is 0 Å². The number of halogens is 1. The van der Waals surface area contributed by atoms with Crippen molar-refractivity contribution in [3.05, 3.63) is 53.2 Å². The van der Waals surface area contributed by atoms with E-state index in [0.29, 0.717) is 22.1 Å². The number of amides is 1. The van der Waals surface area contributed by atoms with Crippen LogP contribution in [0, 0.1) is 0 Å². The average molecular weight is 384 g/mol. The van der Waals surface area contributed by atoms with Crippen LogP contribution >= 0.6 is 11.6 Å². The molecule has 1 aliphatic heterocycles. The zero-order valence-corrected chi connectivity index (χ0v) is 16.1. The quantitative estimate of drug-likeness (QED) is 0.694. The summed E-state index contributed by atoms with van der Waals surface area (Å²) in [5, 5.41) is 9.16. The summed E-state index contributed by atoms with van der Waals surface area (Å²) in [6.45, 7) is 6.69. The zero-order chi connectivity index (χ0) is 18.8. The van der Waals surface area contributed by atoms with Gasteiger partial charge < -0.3 is 4.90 Å². The van der Waals surface area contributed by atoms with Crippen molar-refractivity contribution in [3.8, 4) is 11.4 Å². The lowest BCUT2D eigenvalue weighted by Gasteiger charge is -2.34. The summed E-state index contributed by atoms with van der Waals surface area (Å²) in [7, 11) is 0. The Balaban J connectivity index is 1.55. The predicted octanol–water partition coefficient (Wildman–Crippen LogP) is 3.22. The molecule has 0 N–H and O–H groups in total. The van der Waals surface area contributed by atoms with E-state index < -0.39 is 0 Å². The summed E-state index contributed by atoms with van der Waals surface area (Å²) in [5.74, 6) is 0.764. The highest BCUT2D eigenvalue weighted by molar-refractivity contribution is 6.30. The first kappa shape index (κ1) is 17.9. The van der Waals surface area contributed by atoms with Crippen LogP contribution in [0.25, 0.3) is 17.0 Å². The summed E-state index contributed by atoms with van der Waals surface area (Å²) < 4.78 is 1.88. The maximum Gasteiger partial charge on any atom is 0.254 e. The minimum Gasteiger partial charge on any atom is -0.336 e. The van der Waals surface area contributed by atoms with Gasteiger partial charge in [0.25, 0.3) is 5.91 Å². The Labute approximate surface area is 163 Å². The molecular formula is C20H22ClN5O. The molecule has 0 unspecified atom stereocenters. The number of carbonyl (C=O) groups is 1. The molecule has 0 saturated carbocycles. The van der Waals surface area contributed by atoms with E-state index in [1.807, 2.05) is 51.9 Å². The maximum absolute atomic E-state index is 12.9. The highest BCUT2D eigenvalue weighted by atomic mass is 35.5. The van der Waals surface area contributed by atoms with Crippen molar-refractivity contribution in [2.75, 3.05) is 32.7 Å². The van der Waals surface area contributed by atoms with E-state index in [-0.39, 0.29) is 5.91 Å². The number of hydrogen-bond donors (Lipinski definition) is 0. The van der Waals surface area contributed by atoms with Crippen molar-refractivity contribution in [1.82, 2.24) is 24.4 Å². The van der Waals surface area contributed by atoms with Gasteiger partial charge in [0.2, 0.25) is 0 Å². The fourth-order valence-electron chi connectivity index (χ4n) is 3.52. The Morgan fingerprint density at radius 1 is 1.11 bits per heavy atom. The molecule has 1 amide bonds. The number of nitrogens with zero attached hydrogens (tertiary/aromatic N) is 5. The van der Waals surface area contributed by atoms with Crippen LogP contribution in [0.2, 0.25) is 5.02 Å². The second kappa shape index (κ2) is 7.66. The van der Waals surface area contributed by atoms with Gasteiger partial charge in [-0.3, -0.25) is 14.1 Å². The van der Waals surface area contributed by atoms with Gasteiger partial charge in [-0.2, -0.15) is 0 Å². The smallest absolute Gasteiger partial charge is 0.254 e. The molecule has 0 spiro atoms. The highest BCUT2D eigenvalue weighted by Crippen LogP contribution is 2.22. The van der Waals surface area contributed by atoms with Crippen molar-refractivity contribution in [1.29, 1.82) is 0 Å². The molecule has 4 rings (SSSR count). The molecule has 2 aromatic heterocycles. The third-order valence-corrected chi connectivity index (χ3v) is 5.17. The molecule has 1 saturated heterocycles. The van der Waals surface area contributed by atoms with E-state index in [0.717, 1.165) is 44.7 Å². The Bertz CT molecular complexity index is 962. The molecule has 1 aliphatic rings. The number of hydrogen-bond acceptors (Lipinski definition) is 4. The third-order valence-electron chi connectivity index (χ3n) is 4.94. The van der Waals surface area contributed by atoms with Crippen LogP contribution in [-0.2, 0) is 0 Å². The minimum atomic E-state index is 0.0564. The molecule has 140 valence electrons. The summed E-state index contributed by atoms with van der Waals surface area (Å²) >= 11 is 6.08. The Hall–Kier alpha value is -2.44. The first-order valence-electron chi connectivity index (χ1n) is 9.28. The normalized spacial score (nSPS) is 15.4. The average Bonchev–Trinajstić information content (AvgIpc) is 3.11. The lowest BCUT2D eigenvalue weighted by molar-refractivity contribution is 0.0637. The van der Waals surface area contributed by atoms with Gasteiger partial charge in [0, 0.05) is 48.5 Å². The monoisotopic (exact) mass is 383 g/mol. The van der Waals surface area contributed by atoms with E-state index >= 15 is 0 Å². The van der Waals surface area contributed by atoms with Crippen LogP contribution < -0.4 is 0 Å². The summed E-state index contributed by atoms with van der Waals surface area (Å²) in [4.78, 5) is 17.2. The van der Waals surface area contributed by atoms with Crippen molar-refractivity contribution in [3.63, 3.8) is 0 Å². The Kier molecular flexibility index (Phi) is 5.09. The highest BCUT2D eigenvalue weighted by Gasteiger charge is 2.22. The van der Waals surface area contributed by atoms with Crippen LogP contribution in [-0.4, -0.2) is 63.0 Å². The molecule has 0 radical (unpaired) electrons. The molecule has 27 heavy (non-hydrogen) atoms. The second-order valence-electron chi connectivity index (χ2n) is 6.81. The van der Waals surface area contributed by atoms with Gasteiger partial charge >= 0.3 is 0 Å². The molecule has 0 aliphatic carbocycles. The van der Waals surface area contributed by atoms with Gasteiger partial charge in [-0.05, 0) is 37.2 Å². The number of piperazine rings is 1. The van der Waals surface area contributed by atoms with E-state index in [4.69, 9.17) is 11.6 Å². The van der Waals surface area contributed by atoms with Crippen LogP contribution in [0.1, 0.15) is 23.7 Å². The number of fused-ring (bicyclic) bond motifs is 1. The van der Waals surface area contributed by atoms with Gasteiger partial charge in [0.05, 0.1) is 0 Å². The lowest BCUT2D eigenvalue weighted by atomic mass is 10.2. The molecule has 3 aromatic rings. The van der Waals surface area contributed by atoms with Gasteiger partial charge in [-0.15, -0.1) is 10.2 Å². The molecule has 0 bridgehead atoms. The molecule has 1 aromatic carbocycles. The first-order chi connectivity index (χ1) is 13.2. The fourth-order valence-corrected chi connectivity index (χ4v) is 3.71. The summed E-state index contributed by atoms with van der Waals surface area (Å²) in [5.41, 5.74) is 2.19. The maximum atomic E-state index is 12.9. The molecule has 3 heterocycles. The third kappa shape index (κ3) is 3.68. The SMILES string of the molecule is CCCN1CCN(C(=O)c2ccn3c(-c4cccc(Cl)c4)nnc3c2)CC1. The summed E-state index contributed by atoms with van der Waals surface area (Å²) in [6, 6.07) is 11.1. The molecule has 7 heteroatoms. The Morgan fingerprint density at radius 3 is 2.67 bits per heavy atom. The number of carbonyl (C=O) groups excluding carboxylic acids is 1. The van der Waals surface area contributed by atoms with Gasteiger partial charge in [-0.25, -0.2) is 0 Å². The molecule has 0 atom stereocenters. The minimum absolute atomic E-state index is 0.0564. The topological polar surface area (TPSA) is 53.7 Å². The van der Waals surface area contributed by atoms with Gasteiger partial charge in [0.15, 0.2) is 11.5 Å². The van der Waals surface area contributed by atoms with Crippen LogP contribution in [0.3, 0.4) is 0 Å². The first-order valence-corrected chi connectivity index (χ1v) is 9.66. The lowest BCUT2D eigenvalue weighted by Crippen LogP contribution is -2.48. The van der Waals surface area contributed by atoms with Crippen molar-refractivity contribution in [2.24, 2.45) is 0 Å². The molecule has 6 nitrogen and oxygen atoms in total. The van der Waals surface area contributed by atoms with Gasteiger partial charge in [0.1, 0.15) is 0 Å². The van der Waals surface area contributed by atoms with Gasteiger partial charge in [-0.1, -0.05) is 30.7 Å². The largest absolute Gasteiger partial charge is 0.336 e. The van der Waals surface area contributed by atoms with E-state index in [9.17, 15) is 4.79 Å². The van der Waals surface area contributed by atoms with Crippen LogP contribution in [0.4, 0.5) is 0 Å². The zero-order valence-electron chi connectivity index (χ0n) is 15.3. The standard InChI is InChI=1S/C20H22ClN5O/c1-2-7-24-9-11-25(12-10-24)20(27)16-6-8-26-18(14-16)22-23-19(26)15-4-3-5-17(21)13-15/h3-6,8,13-14H,2,7,9-12H2,1H3. The van der Waals surface area contributed by atoms with Crippen LogP contribution in [0.15, 0.2) is 42.6 Å². The number of rotatable bonds is 4.